The molecular formula is C13H12ClFN4O. The number of halogens is 2. The van der Waals surface area contributed by atoms with Gasteiger partial charge in [0.2, 0.25) is 0 Å². The van der Waals surface area contributed by atoms with Crippen LogP contribution in [0.5, 0.6) is 0 Å². The minimum atomic E-state index is -0.511. The Balaban J connectivity index is 2.24. The summed E-state index contributed by atoms with van der Waals surface area (Å²) in [6, 6.07) is 5.84. The molecule has 1 aromatic carbocycles. The van der Waals surface area contributed by atoms with E-state index in [1.54, 1.807) is 13.0 Å². The Kier molecular flexibility index (Phi) is 4.16. The molecular weight excluding hydrogens is 283 g/mol. The molecule has 0 atom stereocenters. The minimum Gasteiger partial charge on any atom is -0.319 e. The van der Waals surface area contributed by atoms with Gasteiger partial charge in [-0.05, 0) is 30.7 Å². The summed E-state index contributed by atoms with van der Waals surface area (Å²) in [6.07, 6.45) is 1.30. The monoisotopic (exact) mass is 294 g/mol. The average molecular weight is 295 g/mol. The van der Waals surface area contributed by atoms with E-state index in [0.717, 1.165) is 5.56 Å². The Hall–Kier alpha value is -2.18. The van der Waals surface area contributed by atoms with Crippen molar-refractivity contribution in [1.82, 2.24) is 4.98 Å². The van der Waals surface area contributed by atoms with Crippen LogP contribution in [0.2, 0.25) is 5.02 Å². The highest BCUT2D eigenvalue weighted by molar-refractivity contribution is 6.33. The number of anilines is 2. The molecule has 0 spiro atoms. The second-order valence-electron chi connectivity index (χ2n) is 4.14. The number of amides is 1. The molecule has 0 unspecified atom stereocenters. The number of pyridine rings is 1. The molecule has 2 aromatic rings. The molecule has 7 heteroatoms. The van der Waals surface area contributed by atoms with Crippen molar-refractivity contribution in [2.45, 2.75) is 6.92 Å². The number of nitrogens with two attached hydrogens (primary N) is 1. The first kappa shape index (κ1) is 14.2. The lowest BCUT2D eigenvalue weighted by Gasteiger charge is -2.08. The van der Waals surface area contributed by atoms with Crippen molar-refractivity contribution in [3.05, 3.63) is 52.4 Å². The number of rotatable bonds is 3. The smallest absolute Gasteiger partial charge is 0.257 e. The first-order valence-electron chi connectivity index (χ1n) is 5.71. The molecule has 0 radical (unpaired) electrons. The Bertz CT molecular complexity index is 663. The molecule has 20 heavy (non-hydrogen) atoms. The number of benzene rings is 1. The van der Waals surface area contributed by atoms with Gasteiger partial charge in [0.25, 0.3) is 5.91 Å². The van der Waals surface area contributed by atoms with E-state index in [-0.39, 0.29) is 22.1 Å². The van der Waals surface area contributed by atoms with Crippen LogP contribution in [0.3, 0.4) is 0 Å². The fraction of sp³-hybridized carbons (Fsp3) is 0.0769. The predicted molar refractivity (Wildman–Crippen MR) is 76.1 cm³/mol. The summed E-state index contributed by atoms with van der Waals surface area (Å²) in [6.45, 7) is 1.80. The fourth-order valence-corrected chi connectivity index (χ4v) is 1.82. The van der Waals surface area contributed by atoms with Gasteiger partial charge < -0.3 is 10.7 Å². The molecule has 0 aliphatic rings. The van der Waals surface area contributed by atoms with Gasteiger partial charge in [-0.15, -0.1) is 0 Å². The Morgan fingerprint density at radius 2 is 2.15 bits per heavy atom. The Morgan fingerprint density at radius 3 is 2.80 bits per heavy atom. The highest BCUT2D eigenvalue weighted by atomic mass is 35.5. The number of carbonyl (C=O) groups is 1. The number of nitrogen functional groups attached to an aromatic ring is 1. The zero-order valence-corrected chi connectivity index (χ0v) is 11.3. The van der Waals surface area contributed by atoms with E-state index in [1.807, 2.05) is 0 Å². The van der Waals surface area contributed by atoms with Gasteiger partial charge in [-0.25, -0.2) is 15.2 Å². The second kappa shape index (κ2) is 5.85. The third kappa shape index (κ3) is 3.04. The molecule has 4 N–H and O–H groups in total. The summed E-state index contributed by atoms with van der Waals surface area (Å²) < 4.78 is 13.6. The highest BCUT2D eigenvalue weighted by Crippen LogP contribution is 2.21. The van der Waals surface area contributed by atoms with Crippen LogP contribution >= 0.6 is 11.6 Å². The second-order valence-corrected chi connectivity index (χ2v) is 4.54. The normalized spacial score (nSPS) is 10.2. The molecule has 104 valence electrons. The van der Waals surface area contributed by atoms with Gasteiger partial charge >= 0.3 is 0 Å². The lowest BCUT2D eigenvalue weighted by molar-refractivity contribution is 0.102. The molecule has 0 bridgehead atoms. The van der Waals surface area contributed by atoms with E-state index < -0.39 is 11.7 Å². The third-order valence-electron chi connectivity index (χ3n) is 2.61. The topological polar surface area (TPSA) is 80.0 Å². The van der Waals surface area contributed by atoms with Crippen LogP contribution in [0.1, 0.15) is 15.9 Å². The number of hydrazine groups is 1. The summed E-state index contributed by atoms with van der Waals surface area (Å²) in [5, 5.41) is 2.67. The molecule has 1 heterocycles. The fourth-order valence-electron chi connectivity index (χ4n) is 1.60. The molecule has 1 amide bonds. The van der Waals surface area contributed by atoms with E-state index in [9.17, 15) is 9.18 Å². The van der Waals surface area contributed by atoms with Crippen molar-refractivity contribution >= 4 is 29.0 Å². The Morgan fingerprint density at radius 1 is 1.40 bits per heavy atom. The quantitative estimate of drug-likeness (QED) is 0.600. The molecule has 2 rings (SSSR count). The summed E-state index contributed by atoms with van der Waals surface area (Å²) in [4.78, 5) is 15.9. The zero-order valence-electron chi connectivity index (χ0n) is 10.6. The first-order chi connectivity index (χ1) is 9.51. The third-order valence-corrected chi connectivity index (χ3v) is 2.90. The number of aryl methyl sites for hydroxylation is 1. The van der Waals surface area contributed by atoms with Gasteiger partial charge in [0, 0.05) is 6.20 Å². The summed E-state index contributed by atoms with van der Waals surface area (Å²) in [5.74, 6) is 4.43. The van der Waals surface area contributed by atoms with Crippen molar-refractivity contribution in [3.63, 3.8) is 0 Å². The first-order valence-corrected chi connectivity index (χ1v) is 6.08. The van der Waals surface area contributed by atoms with Crippen molar-refractivity contribution in [2.24, 2.45) is 5.84 Å². The van der Waals surface area contributed by atoms with Crippen molar-refractivity contribution < 1.29 is 9.18 Å². The van der Waals surface area contributed by atoms with Gasteiger partial charge in [0.1, 0.15) is 5.82 Å². The maximum absolute atomic E-state index is 13.6. The highest BCUT2D eigenvalue weighted by Gasteiger charge is 2.12. The molecule has 0 saturated carbocycles. The van der Waals surface area contributed by atoms with Crippen LogP contribution in [0.15, 0.2) is 30.5 Å². The minimum absolute atomic E-state index is 0.104. The van der Waals surface area contributed by atoms with Crippen LogP contribution in [0.4, 0.5) is 15.9 Å². The number of aromatic nitrogens is 1. The van der Waals surface area contributed by atoms with E-state index >= 15 is 0 Å². The largest absolute Gasteiger partial charge is 0.319 e. The number of nitrogens with one attached hydrogen (secondary N) is 2. The maximum Gasteiger partial charge on any atom is 0.257 e. The summed E-state index contributed by atoms with van der Waals surface area (Å²) in [7, 11) is 0. The maximum atomic E-state index is 13.6. The molecule has 0 aliphatic heterocycles. The SMILES string of the molecule is Cc1ccc(F)c(NC(=O)c2cnc(NN)c(Cl)c2)c1. The molecule has 0 saturated heterocycles. The zero-order chi connectivity index (χ0) is 14.7. The van der Waals surface area contributed by atoms with Crippen LogP contribution < -0.4 is 16.6 Å². The Labute approximate surface area is 119 Å². The average Bonchev–Trinajstić information content (AvgIpc) is 2.42. The molecule has 0 aliphatic carbocycles. The van der Waals surface area contributed by atoms with Crippen LogP contribution in [-0.2, 0) is 0 Å². The van der Waals surface area contributed by atoms with Crippen LogP contribution in [-0.4, -0.2) is 10.9 Å². The molecule has 0 fully saturated rings. The van der Waals surface area contributed by atoms with E-state index in [4.69, 9.17) is 17.4 Å². The number of hydrogen-bond acceptors (Lipinski definition) is 4. The van der Waals surface area contributed by atoms with Gasteiger partial charge in [0.15, 0.2) is 5.82 Å². The predicted octanol–water partition coefficient (Wildman–Crippen LogP) is 2.72. The van der Waals surface area contributed by atoms with E-state index in [0.29, 0.717) is 0 Å². The number of carbonyl (C=O) groups excluding carboxylic acids is 1. The number of nitrogens with zero attached hydrogens (tertiary/aromatic N) is 1. The van der Waals surface area contributed by atoms with E-state index in [1.165, 1.54) is 24.4 Å². The van der Waals surface area contributed by atoms with Gasteiger partial charge in [-0.2, -0.15) is 0 Å². The van der Waals surface area contributed by atoms with Crippen LogP contribution in [0, 0.1) is 12.7 Å². The summed E-state index contributed by atoms with van der Waals surface area (Å²) >= 11 is 5.87. The van der Waals surface area contributed by atoms with Crippen LogP contribution in [0.25, 0.3) is 0 Å². The van der Waals surface area contributed by atoms with Gasteiger partial charge in [0.05, 0.1) is 16.3 Å². The molecule has 5 nitrogen and oxygen atoms in total. The lowest BCUT2D eigenvalue weighted by Crippen LogP contribution is -2.15. The van der Waals surface area contributed by atoms with Crippen molar-refractivity contribution in [3.8, 4) is 0 Å². The van der Waals surface area contributed by atoms with Gasteiger partial charge in [-0.3, -0.25) is 4.79 Å². The molecule has 1 aromatic heterocycles. The lowest BCUT2D eigenvalue weighted by atomic mass is 10.2. The van der Waals surface area contributed by atoms with Crippen molar-refractivity contribution in [2.75, 3.05) is 10.7 Å². The van der Waals surface area contributed by atoms with E-state index in [2.05, 4.69) is 15.7 Å². The number of hydrogen-bond donors (Lipinski definition) is 3. The standard InChI is InChI=1S/C13H12ClFN4O/c1-7-2-3-10(15)11(4-7)18-13(20)8-5-9(14)12(19-16)17-6-8/h2-6H,16H2,1H3,(H,17,19)(H,18,20). The summed E-state index contributed by atoms with van der Waals surface area (Å²) in [5.41, 5.74) is 3.43. The van der Waals surface area contributed by atoms with Gasteiger partial charge in [-0.1, -0.05) is 17.7 Å². The van der Waals surface area contributed by atoms with Crippen molar-refractivity contribution in [1.29, 1.82) is 0 Å².